The predicted octanol–water partition coefficient (Wildman–Crippen LogP) is 6.57. The van der Waals surface area contributed by atoms with E-state index in [-0.39, 0.29) is 11.6 Å². The van der Waals surface area contributed by atoms with E-state index < -0.39 is 23.6 Å². The maximum atomic E-state index is 13.6. The zero-order valence-electron chi connectivity index (χ0n) is 24.3. The zero-order valence-corrected chi connectivity index (χ0v) is 24.3. The first-order valence-electron chi connectivity index (χ1n) is 13.8. The molecular weight excluding hydrogens is 594 g/mol. The van der Waals surface area contributed by atoms with Crippen molar-refractivity contribution in [3.63, 3.8) is 0 Å². The van der Waals surface area contributed by atoms with E-state index in [9.17, 15) is 27.2 Å². The van der Waals surface area contributed by atoms with Crippen molar-refractivity contribution in [3.8, 4) is 0 Å². The summed E-state index contributed by atoms with van der Waals surface area (Å²) in [5.74, 6) is -0.324. The highest BCUT2D eigenvalue weighted by atomic mass is 19.4. The highest BCUT2D eigenvalue weighted by Crippen LogP contribution is 2.32. The fourth-order valence-electron chi connectivity index (χ4n) is 4.61. The fraction of sp³-hybridized carbons (Fsp3) is 0.226. The van der Waals surface area contributed by atoms with Gasteiger partial charge in [0.2, 0.25) is 5.95 Å². The van der Waals surface area contributed by atoms with E-state index in [2.05, 4.69) is 25.9 Å². The van der Waals surface area contributed by atoms with Crippen LogP contribution in [0.4, 0.5) is 56.9 Å². The summed E-state index contributed by atoms with van der Waals surface area (Å²) < 4.78 is 57.9. The Morgan fingerprint density at radius 1 is 0.911 bits per heavy atom. The van der Waals surface area contributed by atoms with Gasteiger partial charge in [0.1, 0.15) is 11.6 Å². The van der Waals surface area contributed by atoms with E-state index >= 15 is 0 Å². The summed E-state index contributed by atoms with van der Waals surface area (Å²) in [5.41, 5.74) is 1.60. The number of nitrogens with zero attached hydrogens (tertiary/aromatic N) is 4. The van der Waals surface area contributed by atoms with Crippen LogP contribution in [0.3, 0.4) is 0 Å². The number of hydrogen-bond acceptors (Lipinski definition) is 7. The number of carbonyl (C=O) groups is 2. The van der Waals surface area contributed by atoms with Gasteiger partial charge in [-0.05, 0) is 73.2 Å². The van der Waals surface area contributed by atoms with Crippen molar-refractivity contribution in [2.24, 2.45) is 0 Å². The standard InChI is InChI=1S/C31H29F4N7O3/c1-19-3-4-23(18-26(19)28(43)42-11-13-45-14-12-42)37-29-36-10-9-27(40-29)41(2)25-7-5-22(6-8-25)38-30(44)39-24-16-20(31(33,34)35)15-21(32)17-24/h3-10,15-18H,11-14H2,1-2H3,(H,36,37,40)(H2,38,39,44). The highest BCUT2D eigenvalue weighted by molar-refractivity contribution is 6.00. The molecule has 1 aromatic heterocycles. The topological polar surface area (TPSA) is 112 Å². The van der Waals surface area contributed by atoms with Gasteiger partial charge in [-0.25, -0.2) is 14.2 Å². The van der Waals surface area contributed by atoms with Gasteiger partial charge in [0.15, 0.2) is 0 Å². The molecule has 1 aliphatic rings. The van der Waals surface area contributed by atoms with E-state index in [0.717, 1.165) is 11.6 Å². The molecule has 0 unspecified atom stereocenters. The van der Waals surface area contributed by atoms with Crippen molar-refractivity contribution in [1.29, 1.82) is 0 Å². The summed E-state index contributed by atoms with van der Waals surface area (Å²) in [6.07, 6.45) is -3.17. The number of urea groups is 1. The largest absolute Gasteiger partial charge is 0.416 e. The lowest BCUT2D eigenvalue weighted by Gasteiger charge is -2.27. The number of ether oxygens (including phenoxy) is 1. The van der Waals surface area contributed by atoms with Crippen molar-refractivity contribution in [2.75, 3.05) is 54.2 Å². The van der Waals surface area contributed by atoms with Crippen LogP contribution in [0, 0.1) is 12.7 Å². The predicted molar refractivity (Wildman–Crippen MR) is 162 cm³/mol. The number of anilines is 6. The molecule has 0 bridgehead atoms. The lowest BCUT2D eigenvalue weighted by atomic mass is 10.1. The molecular formula is C31H29F4N7O3. The van der Waals surface area contributed by atoms with Crippen LogP contribution in [0.25, 0.3) is 0 Å². The number of aromatic nitrogens is 2. The van der Waals surface area contributed by atoms with Crippen LogP contribution in [-0.4, -0.2) is 60.2 Å². The van der Waals surface area contributed by atoms with Gasteiger partial charge in [-0.1, -0.05) is 6.07 Å². The van der Waals surface area contributed by atoms with Crippen LogP contribution < -0.4 is 20.9 Å². The Bertz CT molecular complexity index is 1690. The number of nitrogens with one attached hydrogen (secondary N) is 3. The molecule has 14 heteroatoms. The molecule has 2 heterocycles. The minimum absolute atomic E-state index is 0.0613. The first kappa shape index (κ1) is 31.2. The number of carbonyl (C=O) groups excluding carboxylic acids is 2. The van der Waals surface area contributed by atoms with E-state index in [1.54, 1.807) is 59.4 Å². The van der Waals surface area contributed by atoms with Gasteiger partial charge in [0.05, 0.1) is 18.8 Å². The normalized spacial score (nSPS) is 13.2. The molecule has 3 aromatic carbocycles. The molecule has 234 valence electrons. The molecule has 1 aliphatic heterocycles. The molecule has 1 saturated heterocycles. The number of amides is 3. The summed E-state index contributed by atoms with van der Waals surface area (Å²) >= 11 is 0. The molecule has 3 amide bonds. The molecule has 0 radical (unpaired) electrons. The third-order valence-electron chi connectivity index (χ3n) is 7.00. The molecule has 0 aliphatic carbocycles. The van der Waals surface area contributed by atoms with Gasteiger partial charge < -0.3 is 30.5 Å². The minimum Gasteiger partial charge on any atom is -0.378 e. The quantitative estimate of drug-likeness (QED) is 0.200. The maximum Gasteiger partial charge on any atom is 0.416 e. The number of hydrogen-bond donors (Lipinski definition) is 3. The van der Waals surface area contributed by atoms with Gasteiger partial charge in [0, 0.05) is 54.6 Å². The molecule has 1 fully saturated rings. The SMILES string of the molecule is Cc1ccc(Nc2nccc(N(C)c3ccc(NC(=O)Nc4cc(F)cc(C(F)(F)F)c4)cc3)n2)cc1C(=O)N1CCOCC1. The smallest absolute Gasteiger partial charge is 0.378 e. The monoisotopic (exact) mass is 623 g/mol. The number of aryl methyl sites for hydroxylation is 1. The third kappa shape index (κ3) is 7.84. The van der Waals surface area contributed by atoms with Gasteiger partial charge >= 0.3 is 12.2 Å². The maximum absolute atomic E-state index is 13.6. The number of morpholine rings is 1. The van der Waals surface area contributed by atoms with Gasteiger partial charge in [-0.2, -0.15) is 18.2 Å². The molecule has 0 spiro atoms. The molecule has 10 nitrogen and oxygen atoms in total. The average Bonchev–Trinajstić information content (AvgIpc) is 3.01. The van der Waals surface area contributed by atoms with Gasteiger partial charge in [-0.15, -0.1) is 0 Å². The van der Waals surface area contributed by atoms with Gasteiger partial charge in [-0.3, -0.25) is 4.79 Å². The summed E-state index contributed by atoms with van der Waals surface area (Å²) in [4.78, 5) is 37.9. The van der Waals surface area contributed by atoms with Crippen molar-refractivity contribution in [2.45, 2.75) is 13.1 Å². The van der Waals surface area contributed by atoms with E-state index in [0.29, 0.717) is 72.8 Å². The van der Waals surface area contributed by atoms with Crippen molar-refractivity contribution >= 4 is 46.5 Å². The Kier molecular flexibility index (Phi) is 9.13. The molecule has 0 atom stereocenters. The molecule has 4 aromatic rings. The van der Waals surface area contributed by atoms with Crippen LogP contribution in [0.15, 0.2) is 72.9 Å². The Morgan fingerprint density at radius 3 is 2.31 bits per heavy atom. The Hall–Kier alpha value is -5.24. The molecule has 45 heavy (non-hydrogen) atoms. The minimum atomic E-state index is -4.76. The summed E-state index contributed by atoms with van der Waals surface area (Å²) in [6.45, 7) is 3.99. The fourth-order valence-corrected chi connectivity index (χ4v) is 4.61. The Labute approximate surface area is 256 Å². The Morgan fingerprint density at radius 2 is 1.60 bits per heavy atom. The van der Waals surface area contributed by atoms with Crippen molar-refractivity contribution in [3.05, 3.63) is 95.4 Å². The van der Waals surface area contributed by atoms with Crippen molar-refractivity contribution < 1.29 is 31.9 Å². The van der Waals surface area contributed by atoms with E-state index in [1.165, 1.54) is 0 Å². The van der Waals surface area contributed by atoms with Crippen LogP contribution in [0.5, 0.6) is 0 Å². The Balaban J connectivity index is 1.23. The van der Waals surface area contributed by atoms with Crippen LogP contribution in [-0.2, 0) is 10.9 Å². The second kappa shape index (κ2) is 13.2. The van der Waals surface area contributed by atoms with Crippen LogP contribution in [0.1, 0.15) is 21.5 Å². The second-order valence-electron chi connectivity index (χ2n) is 10.2. The van der Waals surface area contributed by atoms with Crippen LogP contribution in [0.2, 0.25) is 0 Å². The highest BCUT2D eigenvalue weighted by Gasteiger charge is 2.31. The molecule has 3 N–H and O–H groups in total. The van der Waals surface area contributed by atoms with Gasteiger partial charge in [0.25, 0.3) is 5.91 Å². The van der Waals surface area contributed by atoms with E-state index in [1.807, 2.05) is 19.1 Å². The third-order valence-corrected chi connectivity index (χ3v) is 7.00. The number of benzene rings is 3. The lowest BCUT2D eigenvalue weighted by molar-refractivity contribution is -0.137. The molecule has 0 saturated carbocycles. The number of alkyl halides is 3. The first-order valence-corrected chi connectivity index (χ1v) is 13.8. The van der Waals surface area contributed by atoms with E-state index in [4.69, 9.17) is 4.74 Å². The zero-order chi connectivity index (χ0) is 32.1. The second-order valence-corrected chi connectivity index (χ2v) is 10.2. The number of halogens is 4. The average molecular weight is 624 g/mol. The molecule has 5 rings (SSSR count). The lowest BCUT2D eigenvalue weighted by Crippen LogP contribution is -2.40. The summed E-state index contributed by atoms with van der Waals surface area (Å²) in [7, 11) is 1.79. The first-order chi connectivity index (χ1) is 21.5. The summed E-state index contributed by atoms with van der Waals surface area (Å²) in [5, 5.41) is 7.88. The van der Waals surface area contributed by atoms with Crippen molar-refractivity contribution in [1.82, 2.24) is 14.9 Å². The summed E-state index contributed by atoms with van der Waals surface area (Å²) in [6, 6.07) is 14.7. The van der Waals surface area contributed by atoms with Crippen LogP contribution >= 0.6 is 0 Å². The number of rotatable bonds is 7.